The van der Waals surface area contributed by atoms with E-state index in [0.717, 1.165) is 0 Å². The molecule has 0 saturated heterocycles. The van der Waals surface area contributed by atoms with E-state index in [2.05, 4.69) is 13.2 Å². The summed E-state index contributed by atoms with van der Waals surface area (Å²) in [6, 6.07) is 0. The molecule has 0 amide bonds. The molecule has 0 bridgehead atoms. The maximum absolute atomic E-state index is 8.38. The highest BCUT2D eigenvalue weighted by Gasteiger charge is 1.99. The number of aliphatic hydroxyl groups excluding tert-OH is 2. The predicted octanol–water partition coefficient (Wildman–Crippen LogP) is 0.550. The van der Waals surface area contributed by atoms with Crippen molar-refractivity contribution in [1.82, 2.24) is 0 Å². The van der Waals surface area contributed by atoms with E-state index in [1.807, 2.05) is 0 Å². The van der Waals surface area contributed by atoms with Crippen LogP contribution in [0.15, 0.2) is 13.2 Å². The molecule has 2 nitrogen and oxygen atoms in total. The van der Waals surface area contributed by atoms with E-state index in [9.17, 15) is 0 Å². The molecule has 2 unspecified atom stereocenters. The molecule has 0 rings (SSSR count). The first kappa shape index (κ1) is 10.6. The van der Waals surface area contributed by atoms with Crippen LogP contribution in [0.2, 0.25) is 0 Å². The van der Waals surface area contributed by atoms with Crippen molar-refractivity contribution in [2.24, 2.45) is 0 Å². The zero-order valence-electron chi connectivity index (χ0n) is 5.46. The van der Waals surface area contributed by atoms with Crippen LogP contribution in [-0.2, 0) is 0 Å². The van der Waals surface area contributed by atoms with Gasteiger partial charge in [-0.25, -0.2) is 0 Å². The van der Waals surface area contributed by atoms with Crippen LogP contribution in [0.4, 0.5) is 0 Å². The van der Waals surface area contributed by atoms with E-state index in [0.29, 0.717) is 0 Å². The summed E-state index contributed by atoms with van der Waals surface area (Å²) in [5, 5.41) is 16.8. The van der Waals surface area contributed by atoms with Crippen LogP contribution in [0.1, 0.15) is 13.8 Å². The Hall–Kier alpha value is -0.340. The third-order valence-electron chi connectivity index (χ3n) is 0.698. The lowest BCUT2D eigenvalue weighted by atomic mass is 10.3. The van der Waals surface area contributed by atoms with Gasteiger partial charge in [0, 0.05) is 0 Å². The fraction of sp³-hybridized carbons (Fsp3) is 0.667. The highest BCUT2D eigenvalue weighted by Crippen LogP contribution is 1.85. The van der Waals surface area contributed by atoms with Crippen molar-refractivity contribution in [3.63, 3.8) is 0 Å². The van der Waals surface area contributed by atoms with Gasteiger partial charge in [0.1, 0.15) is 0 Å². The average molecular weight is 118 g/mol. The number of hydrogen-bond acceptors (Lipinski definition) is 2. The van der Waals surface area contributed by atoms with E-state index in [-0.39, 0.29) is 0 Å². The van der Waals surface area contributed by atoms with Gasteiger partial charge in [-0.3, -0.25) is 0 Å². The standard InChI is InChI=1S/C4H10O2.C2H4/c1-3(5)4(2)6;1-2/h3-6H,1-2H3;1-2H2. The smallest absolute Gasteiger partial charge is 0.0768 e. The lowest BCUT2D eigenvalue weighted by Crippen LogP contribution is -2.17. The Morgan fingerprint density at radius 1 is 1.00 bits per heavy atom. The van der Waals surface area contributed by atoms with E-state index in [1.165, 1.54) is 0 Å². The molecule has 0 fully saturated rings. The fourth-order valence-electron chi connectivity index (χ4n) is 0. The van der Waals surface area contributed by atoms with Gasteiger partial charge in [-0.05, 0) is 13.8 Å². The molecular formula is C6H14O2. The lowest BCUT2D eigenvalue weighted by molar-refractivity contribution is 0.0438. The molecule has 0 aliphatic rings. The van der Waals surface area contributed by atoms with Crippen LogP contribution in [0.3, 0.4) is 0 Å². The van der Waals surface area contributed by atoms with Crippen molar-refractivity contribution < 1.29 is 10.2 Å². The van der Waals surface area contributed by atoms with E-state index in [4.69, 9.17) is 10.2 Å². The van der Waals surface area contributed by atoms with Gasteiger partial charge in [-0.2, -0.15) is 0 Å². The van der Waals surface area contributed by atoms with Gasteiger partial charge in [-0.1, -0.05) is 0 Å². The van der Waals surface area contributed by atoms with Crippen LogP contribution in [0.25, 0.3) is 0 Å². The summed E-state index contributed by atoms with van der Waals surface area (Å²) in [7, 11) is 0. The molecular weight excluding hydrogens is 104 g/mol. The molecule has 0 aromatic rings. The minimum absolute atomic E-state index is 0.593. The van der Waals surface area contributed by atoms with Crippen LogP contribution in [-0.4, -0.2) is 22.4 Å². The fourth-order valence-corrected chi connectivity index (χ4v) is 0. The molecule has 0 aliphatic carbocycles. The molecule has 50 valence electrons. The second-order valence-electron chi connectivity index (χ2n) is 1.48. The lowest BCUT2D eigenvalue weighted by Gasteiger charge is -2.03. The van der Waals surface area contributed by atoms with Gasteiger partial charge in [0.15, 0.2) is 0 Å². The average Bonchev–Trinajstić information content (AvgIpc) is 1.72. The van der Waals surface area contributed by atoms with Crippen molar-refractivity contribution in [3.05, 3.63) is 13.2 Å². The van der Waals surface area contributed by atoms with Crippen LogP contribution < -0.4 is 0 Å². The van der Waals surface area contributed by atoms with Gasteiger partial charge in [0.05, 0.1) is 12.2 Å². The molecule has 0 saturated carbocycles. The summed E-state index contributed by atoms with van der Waals surface area (Å²) in [4.78, 5) is 0. The maximum Gasteiger partial charge on any atom is 0.0768 e. The molecule has 2 N–H and O–H groups in total. The van der Waals surface area contributed by atoms with Gasteiger partial charge < -0.3 is 10.2 Å². The topological polar surface area (TPSA) is 40.5 Å². The van der Waals surface area contributed by atoms with Gasteiger partial charge >= 0.3 is 0 Å². The summed E-state index contributed by atoms with van der Waals surface area (Å²) >= 11 is 0. The minimum atomic E-state index is -0.593. The first-order chi connectivity index (χ1) is 3.64. The monoisotopic (exact) mass is 118 g/mol. The zero-order valence-corrected chi connectivity index (χ0v) is 5.46. The first-order valence-corrected chi connectivity index (χ1v) is 2.50. The van der Waals surface area contributed by atoms with Crippen molar-refractivity contribution in [2.75, 3.05) is 0 Å². The SMILES string of the molecule is C=C.CC(O)C(C)O. The Morgan fingerprint density at radius 2 is 1.12 bits per heavy atom. The van der Waals surface area contributed by atoms with Gasteiger partial charge in [0.25, 0.3) is 0 Å². The summed E-state index contributed by atoms with van der Waals surface area (Å²) in [5.74, 6) is 0. The highest BCUT2D eigenvalue weighted by atomic mass is 16.3. The zero-order chi connectivity index (χ0) is 7.15. The molecule has 0 aromatic carbocycles. The van der Waals surface area contributed by atoms with Crippen LogP contribution >= 0.6 is 0 Å². The molecule has 0 aromatic heterocycles. The summed E-state index contributed by atoms with van der Waals surface area (Å²) in [6.07, 6.45) is -1.19. The second kappa shape index (κ2) is 6.66. The molecule has 0 aliphatic heterocycles. The molecule has 0 heterocycles. The van der Waals surface area contributed by atoms with E-state index in [1.54, 1.807) is 13.8 Å². The third-order valence-corrected chi connectivity index (χ3v) is 0.698. The Labute approximate surface area is 50.5 Å². The van der Waals surface area contributed by atoms with Gasteiger partial charge in [-0.15, -0.1) is 13.2 Å². The minimum Gasteiger partial charge on any atom is -0.391 e. The molecule has 0 spiro atoms. The normalized spacial score (nSPS) is 15.5. The Morgan fingerprint density at radius 3 is 1.12 bits per heavy atom. The number of aliphatic hydroxyl groups is 2. The molecule has 8 heavy (non-hydrogen) atoms. The molecule has 2 heteroatoms. The molecule has 2 atom stereocenters. The Bertz CT molecular complexity index is 35.8. The van der Waals surface area contributed by atoms with Crippen LogP contribution in [0, 0.1) is 0 Å². The Balaban J connectivity index is 0. The summed E-state index contributed by atoms with van der Waals surface area (Å²) in [6.45, 7) is 9.09. The van der Waals surface area contributed by atoms with Crippen LogP contribution in [0.5, 0.6) is 0 Å². The van der Waals surface area contributed by atoms with Gasteiger partial charge in [0.2, 0.25) is 0 Å². The number of hydrogen-bond donors (Lipinski definition) is 2. The largest absolute Gasteiger partial charge is 0.391 e. The summed E-state index contributed by atoms with van der Waals surface area (Å²) < 4.78 is 0. The Kier molecular flexibility index (Phi) is 8.83. The van der Waals surface area contributed by atoms with Crippen molar-refractivity contribution >= 4 is 0 Å². The van der Waals surface area contributed by atoms with Crippen molar-refractivity contribution in [3.8, 4) is 0 Å². The third kappa shape index (κ3) is 9.18. The quantitative estimate of drug-likeness (QED) is 0.494. The molecule has 0 radical (unpaired) electrons. The highest BCUT2D eigenvalue weighted by molar-refractivity contribution is 4.50. The first-order valence-electron chi connectivity index (χ1n) is 2.50. The second-order valence-corrected chi connectivity index (χ2v) is 1.48. The summed E-state index contributed by atoms with van der Waals surface area (Å²) in [5.41, 5.74) is 0. The van der Waals surface area contributed by atoms with E-state index < -0.39 is 12.2 Å². The predicted molar refractivity (Wildman–Crippen MR) is 34.6 cm³/mol. The van der Waals surface area contributed by atoms with E-state index >= 15 is 0 Å². The van der Waals surface area contributed by atoms with Crippen molar-refractivity contribution in [2.45, 2.75) is 26.1 Å². The number of rotatable bonds is 1. The maximum atomic E-state index is 8.38. The van der Waals surface area contributed by atoms with Crippen molar-refractivity contribution in [1.29, 1.82) is 0 Å².